The predicted octanol–water partition coefficient (Wildman–Crippen LogP) is 3.27. The third-order valence-electron chi connectivity index (χ3n) is 4.99. The maximum absolute atomic E-state index is 11.2. The molecule has 0 unspecified atom stereocenters. The average Bonchev–Trinajstić information content (AvgIpc) is 2.93. The van der Waals surface area contributed by atoms with Gasteiger partial charge in [-0.1, -0.05) is 19.3 Å². The molecule has 0 spiro atoms. The number of carboxylic acids is 1. The zero-order valence-corrected chi connectivity index (χ0v) is 11.0. The Hall–Kier alpha value is -0.860. The van der Waals surface area contributed by atoms with Gasteiger partial charge in [-0.2, -0.15) is 0 Å². The molecule has 0 saturated heterocycles. The lowest BCUT2D eigenvalue weighted by Crippen LogP contribution is -2.23. The summed E-state index contributed by atoms with van der Waals surface area (Å²) in [4.78, 5) is 21.5. The van der Waals surface area contributed by atoms with Crippen LogP contribution < -0.4 is 0 Å². The molecule has 3 heteroatoms. The van der Waals surface area contributed by atoms with Crippen LogP contribution in [0.1, 0.15) is 57.8 Å². The molecule has 102 valence electrons. The molecule has 1 N–H and O–H groups in total. The fourth-order valence-corrected chi connectivity index (χ4v) is 4.11. The van der Waals surface area contributed by atoms with Crippen molar-refractivity contribution >= 4 is 12.3 Å². The minimum absolute atomic E-state index is 0.297. The van der Waals surface area contributed by atoms with Crippen molar-refractivity contribution in [2.45, 2.75) is 57.8 Å². The normalized spacial score (nSPS) is 33.8. The minimum Gasteiger partial charge on any atom is -0.481 e. The molecule has 0 amide bonds. The van der Waals surface area contributed by atoms with Crippen molar-refractivity contribution in [2.75, 3.05) is 0 Å². The van der Waals surface area contributed by atoms with Crippen LogP contribution in [0.5, 0.6) is 0 Å². The summed E-state index contributed by atoms with van der Waals surface area (Å²) in [5.41, 5.74) is 0. The first kappa shape index (κ1) is 13.6. The molecular formula is C15H24O3. The van der Waals surface area contributed by atoms with Crippen LogP contribution in [-0.2, 0) is 9.59 Å². The lowest BCUT2D eigenvalue weighted by molar-refractivity contribution is -0.137. The summed E-state index contributed by atoms with van der Waals surface area (Å²) in [5.74, 6) is 1.78. The number of hydrogen-bond donors (Lipinski definition) is 1. The van der Waals surface area contributed by atoms with Gasteiger partial charge in [-0.3, -0.25) is 4.79 Å². The molecule has 2 rings (SSSR count). The largest absolute Gasteiger partial charge is 0.481 e. The highest BCUT2D eigenvalue weighted by Gasteiger charge is 2.46. The van der Waals surface area contributed by atoms with E-state index in [9.17, 15) is 9.59 Å². The van der Waals surface area contributed by atoms with Crippen molar-refractivity contribution in [3.8, 4) is 0 Å². The second kappa shape index (κ2) is 6.35. The van der Waals surface area contributed by atoms with Gasteiger partial charge < -0.3 is 9.90 Å². The molecule has 2 saturated carbocycles. The number of carbonyl (C=O) groups excluding carboxylic acids is 1. The second-order valence-electron chi connectivity index (χ2n) is 6.06. The van der Waals surface area contributed by atoms with E-state index in [1.807, 2.05) is 0 Å². The molecule has 4 atom stereocenters. The minimum atomic E-state index is -0.691. The van der Waals surface area contributed by atoms with Crippen LogP contribution in [0, 0.1) is 23.7 Å². The Morgan fingerprint density at radius 3 is 2.56 bits per heavy atom. The van der Waals surface area contributed by atoms with E-state index in [2.05, 4.69) is 0 Å². The number of carbonyl (C=O) groups is 2. The van der Waals surface area contributed by atoms with Gasteiger partial charge in [0.2, 0.25) is 0 Å². The number of aldehydes is 1. The number of aliphatic carboxylic acids is 1. The van der Waals surface area contributed by atoms with Gasteiger partial charge in [0.25, 0.3) is 0 Å². The molecule has 2 aliphatic carbocycles. The predicted molar refractivity (Wildman–Crippen MR) is 69.2 cm³/mol. The Balaban J connectivity index is 1.61. The quantitative estimate of drug-likeness (QED) is 0.533. The number of hydrogen-bond acceptors (Lipinski definition) is 2. The monoisotopic (exact) mass is 252 g/mol. The van der Waals surface area contributed by atoms with E-state index in [0.717, 1.165) is 31.6 Å². The molecular weight excluding hydrogens is 228 g/mol. The average molecular weight is 252 g/mol. The summed E-state index contributed by atoms with van der Waals surface area (Å²) in [6, 6.07) is 0. The van der Waals surface area contributed by atoms with Crippen molar-refractivity contribution in [3.63, 3.8) is 0 Å². The van der Waals surface area contributed by atoms with Crippen LogP contribution in [-0.4, -0.2) is 17.4 Å². The highest BCUT2D eigenvalue weighted by atomic mass is 16.4. The first-order chi connectivity index (χ1) is 8.72. The van der Waals surface area contributed by atoms with Crippen molar-refractivity contribution in [1.82, 2.24) is 0 Å². The van der Waals surface area contributed by atoms with Gasteiger partial charge >= 0.3 is 5.97 Å². The number of rotatable bonds is 8. The first-order valence-corrected chi connectivity index (χ1v) is 7.39. The van der Waals surface area contributed by atoms with Crippen molar-refractivity contribution in [2.24, 2.45) is 23.7 Å². The van der Waals surface area contributed by atoms with Gasteiger partial charge in [0.05, 0.1) is 0 Å². The van der Waals surface area contributed by atoms with Crippen molar-refractivity contribution in [1.29, 1.82) is 0 Å². The number of carboxylic acid groups (broad SMARTS) is 1. The lowest BCUT2D eigenvalue weighted by Gasteiger charge is -2.27. The molecule has 0 heterocycles. The highest BCUT2D eigenvalue weighted by Crippen LogP contribution is 2.53. The van der Waals surface area contributed by atoms with Crippen LogP contribution in [0.2, 0.25) is 0 Å². The summed E-state index contributed by atoms with van der Waals surface area (Å²) in [6.07, 6.45) is 10.7. The summed E-state index contributed by atoms with van der Waals surface area (Å²) in [6.45, 7) is 0. The molecule has 2 bridgehead atoms. The Bertz CT molecular complexity index is 300. The van der Waals surface area contributed by atoms with E-state index in [4.69, 9.17) is 5.11 Å². The fraction of sp³-hybridized carbons (Fsp3) is 0.867. The molecule has 2 aliphatic rings. The smallest absolute Gasteiger partial charge is 0.303 e. The van der Waals surface area contributed by atoms with Gasteiger partial charge in [0.15, 0.2) is 0 Å². The van der Waals surface area contributed by atoms with Gasteiger partial charge in [-0.15, -0.1) is 0 Å². The third-order valence-corrected chi connectivity index (χ3v) is 4.99. The molecule has 0 aromatic carbocycles. The van der Waals surface area contributed by atoms with E-state index in [0.29, 0.717) is 24.2 Å². The molecule has 2 fully saturated rings. The first-order valence-electron chi connectivity index (χ1n) is 7.39. The SMILES string of the molecule is O=C[C@H]1[C@H]2CC[C@H](C2)[C@H]1CCCCCCC(=O)O. The van der Waals surface area contributed by atoms with Gasteiger partial charge in [0, 0.05) is 12.3 Å². The van der Waals surface area contributed by atoms with E-state index >= 15 is 0 Å². The molecule has 18 heavy (non-hydrogen) atoms. The Morgan fingerprint density at radius 2 is 1.83 bits per heavy atom. The summed E-state index contributed by atoms with van der Waals surface area (Å²) < 4.78 is 0. The van der Waals surface area contributed by atoms with Crippen molar-refractivity contribution in [3.05, 3.63) is 0 Å². The topological polar surface area (TPSA) is 54.4 Å². The number of fused-ring (bicyclic) bond motifs is 2. The Morgan fingerprint density at radius 1 is 1.11 bits per heavy atom. The van der Waals surface area contributed by atoms with Crippen molar-refractivity contribution < 1.29 is 14.7 Å². The van der Waals surface area contributed by atoms with Crippen LogP contribution >= 0.6 is 0 Å². The van der Waals surface area contributed by atoms with Crippen LogP contribution in [0.4, 0.5) is 0 Å². The van der Waals surface area contributed by atoms with E-state index in [1.165, 1.54) is 32.0 Å². The van der Waals surface area contributed by atoms with E-state index in [1.54, 1.807) is 0 Å². The molecule has 0 aromatic heterocycles. The summed E-state index contributed by atoms with van der Waals surface area (Å²) in [7, 11) is 0. The standard InChI is InChI=1S/C15H24O3/c16-10-14-12-8-7-11(9-12)13(14)5-3-1-2-4-6-15(17)18/h10-14H,1-9H2,(H,17,18)/t11-,12+,13-,14+/m1/s1. The highest BCUT2D eigenvalue weighted by molar-refractivity contribution is 5.66. The zero-order chi connectivity index (χ0) is 13.0. The van der Waals surface area contributed by atoms with Crippen LogP contribution in [0.3, 0.4) is 0 Å². The third kappa shape index (κ3) is 3.12. The Labute approximate surface area is 109 Å². The summed E-state index contributed by atoms with van der Waals surface area (Å²) >= 11 is 0. The maximum atomic E-state index is 11.2. The van der Waals surface area contributed by atoms with Gasteiger partial charge in [0.1, 0.15) is 6.29 Å². The van der Waals surface area contributed by atoms with E-state index in [-0.39, 0.29) is 0 Å². The number of unbranched alkanes of at least 4 members (excludes halogenated alkanes) is 3. The maximum Gasteiger partial charge on any atom is 0.303 e. The van der Waals surface area contributed by atoms with Gasteiger partial charge in [-0.25, -0.2) is 0 Å². The summed E-state index contributed by atoms with van der Waals surface area (Å²) in [5, 5.41) is 8.54. The molecule has 0 radical (unpaired) electrons. The van der Waals surface area contributed by atoms with Crippen LogP contribution in [0.15, 0.2) is 0 Å². The second-order valence-corrected chi connectivity index (χ2v) is 6.06. The van der Waals surface area contributed by atoms with Crippen LogP contribution in [0.25, 0.3) is 0 Å². The Kier molecular flexibility index (Phi) is 4.79. The fourth-order valence-electron chi connectivity index (χ4n) is 4.11. The molecule has 3 nitrogen and oxygen atoms in total. The van der Waals surface area contributed by atoms with Gasteiger partial charge in [-0.05, 0) is 49.9 Å². The molecule has 0 aromatic rings. The molecule has 0 aliphatic heterocycles. The zero-order valence-electron chi connectivity index (χ0n) is 11.0. The van der Waals surface area contributed by atoms with E-state index < -0.39 is 5.97 Å². The lowest BCUT2D eigenvalue weighted by atomic mass is 9.77.